The Kier molecular flexibility index (Phi) is 5.43. The van der Waals surface area contributed by atoms with Crippen LogP contribution in [0.1, 0.15) is 15.9 Å². The van der Waals surface area contributed by atoms with Crippen molar-refractivity contribution in [2.75, 3.05) is 11.9 Å². The van der Waals surface area contributed by atoms with Crippen LogP contribution in [0.15, 0.2) is 78.9 Å². The van der Waals surface area contributed by atoms with E-state index in [-0.39, 0.29) is 24.9 Å². The lowest BCUT2D eigenvalue weighted by Crippen LogP contribution is -2.31. The van der Waals surface area contributed by atoms with Crippen LogP contribution < -0.4 is 15.4 Å². The van der Waals surface area contributed by atoms with Gasteiger partial charge in [-0.15, -0.1) is 0 Å². The number of carbonyl (C=O) groups is 3. The number of imide groups is 1. The topological polar surface area (TPSA) is 87.7 Å². The van der Waals surface area contributed by atoms with Crippen LogP contribution in [0.4, 0.5) is 10.5 Å². The second-order valence-corrected chi connectivity index (χ2v) is 6.69. The fourth-order valence-corrected chi connectivity index (χ4v) is 3.09. The Morgan fingerprint density at radius 1 is 0.900 bits per heavy atom. The number of para-hydroxylation sites is 1. The van der Waals surface area contributed by atoms with Gasteiger partial charge in [0.2, 0.25) is 5.91 Å². The smallest absolute Gasteiger partial charge is 0.324 e. The molecule has 1 saturated heterocycles. The Morgan fingerprint density at radius 2 is 1.57 bits per heavy atom. The maximum atomic E-state index is 12.8. The quantitative estimate of drug-likeness (QED) is 0.616. The van der Waals surface area contributed by atoms with Gasteiger partial charge in [-0.25, -0.2) is 4.79 Å². The van der Waals surface area contributed by atoms with E-state index in [0.29, 0.717) is 22.6 Å². The lowest BCUT2D eigenvalue weighted by Gasteiger charge is -2.15. The molecule has 30 heavy (non-hydrogen) atoms. The minimum Gasteiger partial charge on any atom is -0.457 e. The number of nitrogens with one attached hydrogen (secondary N) is 2. The van der Waals surface area contributed by atoms with Crippen LogP contribution in [-0.2, 0) is 11.3 Å². The van der Waals surface area contributed by atoms with Crippen molar-refractivity contribution in [3.63, 3.8) is 0 Å². The van der Waals surface area contributed by atoms with Gasteiger partial charge >= 0.3 is 6.03 Å². The van der Waals surface area contributed by atoms with Crippen molar-refractivity contribution >= 4 is 23.5 Å². The van der Waals surface area contributed by atoms with E-state index in [4.69, 9.17) is 4.74 Å². The third-order valence-corrected chi connectivity index (χ3v) is 4.62. The van der Waals surface area contributed by atoms with Crippen molar-refractivity contribution < 1.29 is 19.1 Å². The Morgan fingerprint density at radius 3 is 2.27 bits per heavy atom. The maximum absolute atomic E-state index is 12.8. The van der Waals surface area contributed by atoms with Crippen molar-refractivity contribution in [1.29, 1.82) is 0 Å². The molecule has 2 N–H and O–H groups in total. The van der Waals surface area contributed by atoms with Crippen molar-refractivity contribution in [3.8, 4) is 11.5 Å². The van der Waals surface area contributed by atoms with Crippen LogP contribution in [-0.4, -0.2) is 29.3 Å². The summed E-state index contributed by atoms with van der Waals surface area (Å²) in [6.07, 6.45) is 0. The summed E-state index contributed by atoms with van der Waals surface area (Å²) in [5, 5.41) is 5.31. The lowest BCUT2D eigenvalue weighted by molar-refractivity contribution is -0.125. The zero-order valence-electron chi connectivity index (χ0n) is 16.0. The van der Waals surface area contributed by atoms with E-state index in [2.05, 4.69) is 10.6 Å². The van der Waals surface area contributed by atoms with Gasteiger partial charge in [-0.1, -0.05) is 36.4 Å². The molecule has 0 radical (unpaired) electrons. The van der Waals surface area contributed by atoms with E-state index in [0.717, 1.165) is 10.6 Å². The molecule has 0 spiro atoms. The van der Waals surface area contributed by atoms with Gasteiger partial charge < -0.3 is 15.4 Å². The third-order valence-electron chi connectivity index (χ3n) is 4.62. The number of hydrogen-bond donors (Lipinski definition) is 2. The minimum absolute atomic E-state index is 0.0232. The number of ether oxygens (including phenoxy) is 1. The third kappa shape index (κ3) is 4.30. The fourth-order valence-electron chi connectivity index (χ4n) is 3.09. The van der Waals surface area contributed by atoms with Crippen LogP contribution in [0.2, 0.25) is 0 Å². The van der Waals surface area contributed by atoms with Crippen LogP contribution in [0.3, 0.4) is 0 Å². The van der Waals surface area contributed by atoms with Crippen LogP contribution >= 0.6 is 0 Å². The molecular formula is C23H19N3O4. The van der Waals surface area contributed by atoms with Gasteiger partial charge in [0.15, 0.2) is 0 Å². The number of carbonyl (C=O) groups excluding carboxylic acids is 3. The summed E-state index contributed by atoms with van der Waals surface area (Å²) in [6, 6.07) is 22.9. The van der Waals surface area contributed by atoms with Gasteiger partial charge in [0, 0.05) is 11.3 Å². The zero-order chi connectivity index (χ0) is 20.9. The molecule has 7 nitrogen and oxygen atoms in total. The summed E-state index contributed by atoms with van der Waals surface area (Å²) in [5.41, 5.74) is 1.59. The molecule has 1 heterocycles. The molecule has 0 unspecified atom stereocenters. The fraction of sp³-hybridized carbons (Fsp3) is 0.0870. The number of urea groups is 1. The number of anilines is 1. The van der Waals surface area contributed by atoms with E-state index in [1.165, 1.54) is 0 Å². The van der Waals surface area contributed by atoms with Crippen molar-refractivity contribution in [1.82, 2.24) is 10.2 Å². The largest absolute Gasteiger partial charge is 0.457 e. The van der Waals surface area contributed by atoms with Crippen molar-refractivity contribution in [2.24, 2.45) is 0 Å². The Bertz CT molecular complexity index is 1070. The molecule has 4 amide bonds. The number of amides is 4. The molecule has 3 aromatic rings. The van der Waals surface area contributed by atoms with Crippen LogP contribution in [0.25, 0.3) is 0 Å². The first-order valence-electron chi connectivity index (χ1n) is 9.40. The highest BCUT2D eigenvalue weighted by Gasteiger charge is 2.29. The summed E-state index contributed by atoms with van der Waals surface area (Å²) in [7, 11) is 0. The highest BCUT2D eigenvalue weighted by Crippen LogP contribution is 2.23. The predicted octanol–water partition coefficient (Wildman–Crippen LogP) is 3.78. The highest BCUT2D eigenvalue weighted by molar-refractivity contribution is 6.06. The normalized spacial score (nSPS) is 13.1. The molecule has 150 valence electrons. The van der Waals surface area contributed by atoms with Gasteiger partial charge in [-0.2, -0.15) is 0 Å². The van der Waals surface area contributed by atoms with Gasteiger partial charge in [0.1, 0.15) is 11.5 Å². The zero-order valence-corrected chi connectivity index (χ0v) is 16.0. The molecule has 4 rings (SSSR count). The Hall–Kier alpha value is -4.13. The van der Waals surface area contributed by atoms with Crippen LogP contribution in [0.5, 0.6) is 11.5 Å². The van der Waals surface area contributed by atoms with E-state index < -0.39 is 6.03 Å². The highest BCUT2D eigenvalue weighted by atomic mass is 16.5. The number of nitrogens with zero attached hydrogens (tertiary/aromatic N) is 1. The Balaban J connectivity index is 1.45. The first-order valence-corrected chi connectivity index (χ1v) is 9.40. The predicted molar refractivity (Wildman–Crippen MR) is 111 cm³/mol. The molecule has 0 bridgehead atoms. The molecule has 0 atom stereocenters. The molecule has 0 aliphatic carbocycles. The number of hydrogen-bond acceptors (Lipinski definition) is 4. The maximum Gasteiger partial charge on any atom is 0.324 e. The summed E-state index contributed by atoms with van der Waals surface area (Å²) < 4.78 is 5.75. The summed E-state index contributed by atoms with van der Waals surface area (Å²) in [6.45, 7) is 0.0166. The second kappa shape index (κ2) is 8.48. The van der Waals surface area contributed by atoms with E-state index in [1.807, 2.05) is 30.3 Å². The molecule has 0 saturated carbocycles. The summed E-state index contributed by atoms with van der Waals surface area (Å²) in [4.78, 5) is 37.6. The summed E-state index contributed by atoms with van der Waals surface area (Å²) in [5.74, 6) is 0.737. The first kappa shape index (κ1) is 19.2. The minimum atomic E-state index is -0.454. The molecule has 3 aromatic carbocycles. The average Bonchev–Trinajstić information content (AvgIpc) is 3.08. The molecule has 7 heteroatoms. The van der Waals surface area contributed by atoms with Gasteiger partial charge in [-0.3, -0.25) is 14.5 Å². The van der Waals surface area contributed by atoms with Crippen LogP contribution in [0, 0.1) is 0 Å². The van der Waals surface area contributed by atoms with Gasteiger partial charge in [-0.05, 0) is 48.0 Å². The standard InChI is InChI=1S/C23H19N3O4/c27-21-14-24-23(29)26(21)15-16-6-4-5-9-20(16)22(28)25-17-10-12-19(13-11-17)30-18-7-2-1-3-8-18/h1-13H,14-15H2,(H,24,29)(H,25,28). The van der Waals surface area contributed by atoms with Gasteiger partial charge in [0.25, 0.3) is 5.91 Å². The SMILES string of the molecule is O=C(Nc1ccc(Oc2ccccc2)cc1)c1ccccc1CN1C(=O)CNC1=O. The summed E-state index contributed by atoms with van der Waals surface area (Å²) >= 11 is 0. The lowest BCUT2D eigenvalue weighted by atomic mass is 10.1. The van der Waals surface area contributed by atoms with E-state index in [1.54, 1.807) is 48.5 Å². The average molecular weight is 401 g/mol. The van der Waals surface area contributed by atoms with Crippen molar-refractivity contribution in [3.05, 3.63) is 90.0 Å². The molecule has 1 aliphatic heterocycles. The Labute approximate surface area is 173 Å². The molecule has 1 aliphatic rings. The molecular weight excluding hydrogens is 382 g/mol. The molecule has 0 aromatic heterocycles. The number of benzene rings is 3. The number of rotatable bonds is 6. The van der Waals surface area contributed by atoms with Crippen molar-refractivity contribution in [2.45, 2.75) is 6.54 Å². The monoisotopic (exact) mass is 401 g/mol. The van der Waals surface area contributed by atoms with E-state index in [9.17, 15) is 14.4 Å². The van der Waals surface area contributed by atoms with Gasteiger partial charge in [0.05, 0.1) is 13.1 Å². The van der Waals surface area contributed by atoms with E-state index >= 15 is 0 Å². The molecule has 1 fully saturated rings. The second-order valence-electron chi connectivity index (χ2n) is 6.69. The first-order chi connectivity index (χ1) is 14.6.